The van der Waals surface area contributed by atoms with Gasteiger partial charge in [-0.1, -0.05) is 42.1 Å². The molecule has 0 spiro atoms. The Balaban J connectivity index is 1.63. The molecule has 0 bridgehead atoms. The second-order valence-corrected chi connectivity index (χ2v) is 10.0. The van der Waals surface area contributed by atoms with Gasteiger partial charge in [0.2, 0.25) is 5.91 Å². The second-order valence-electron chi connectivity index (χ2n) is 7.87. The number of thiophene rings is 1. The Bertz CT molecular complexity index is 1460. The molecule has 7 nitrogen and oxygen atoms in total. The van der Waals surface area contributed by atoms with Crippen molar-refractivity contribution in [3.8, 4) is 5.69 Å². The van der Waals surface area contributed by atoms with E-state index in [0.29, 0.717) is 20.9 Å². The van der Waals surface area contributed by atoms with E-state index in [1.54, 1.807) is 28.8 Å². The van der Waals surface area contributed by atoms with Gasteiger partial charge in [-0.05, 0) is 62.6 Å². The molecule has 2 aromatic carbocycles. The number of carbonyl (C=O) groups is 2. The van der Waals surface area contributed by atoms with Crippen molar-refractivity contribution in [2.24, 2.45) is 0 Å². The van der Waals surface area contributed by atoms with Gasteiger partial charge in [-0.2, -0.15) is 0 Å². The minimum Gasteiger partial charge on any atom is -0.272 e. The van der Waals surface area contributed by atoms with Gasteiger partial charge in [-0.15, -0.1) is 11.3 Å². The number of rotatable bonds is 5. The summed E-state index contributed by atoms with van der Waals surface area (Å²) in [5.74, 6) is -0.841. The molecule has 9 heteroatoms. The molecule has 0 aliphatic rings. The number of hydrogen-bond acceptors (Lipinski definition) is 6. The molecule has 174 valence electrons. The second kappa shape index (κ2) is 9.82. The maximum absolute atomic E-state index is 13.6. The van der Waals surface area contributed by atoms with E-state index in [1.807, 2.05) is 52.0 Å². The Morgan fingerprint density at radius 1 is 0.971 bits per heavy atom. The van der Waals surface area contributed by atoms with E-state index in [2.05, 4.69) is 10.9 Å². The van der Waals surface area contributed by atoms with Crippen molar-refractivity contribution in [1.82, 2.24) is 20.4 Å². The van der Waals surface area contributed by atoms with E-state index in [0.717, 1.165) is 39.0 Å². The summed E-state index contributed by atoms with van der Waals surface area (Å²) in [6, 6.07) is 14.4. The Hall–Kier alpha value is -3.43. The highest BCUT2D eigenvalue weighted by molar-refractivity contribution is 7.99. The number of fused-ring (bicyclic) bond motifs is 1. The SMILES string of the molecule is Cc1cccc(-n2c(SCC(=O)NNC(=O)c3ccccc3)nc3sc(C)c(C)c3c2=O)c1C. The molecular weight excluding hydrogens is 468 g/mol. The smallest absolute Gasteiger partial charge is 0.269 e. The number of aromatic nitrogens is 2. The number of aryl methyl sites for hydroxylation is 3. The molecule has 0 unspecified atom stereocenters. The minimum absolute atomic E-state index is 0.0266. The highest BCUT2D eigenvalue weighted by atomic mass is 32.2. The first-order valence-corrected chi connectivity index (χ1v) is 12.4. The van der Waals surface area contributed by atoms with Crippen molar-refractivity contribution in [2.45, 2.75) is 32.9 Å². The number of amides is 2. The van der Waals surface area contributed by atoms with Gasteiger partial charge in [-0.25, -0.2) is 4.98 Å². The van der Waals surface area contributed by atoms with Crippen LogP contribution in [0, 0.1) is 27.7 Å². The predicted molar refractivity (Wildman–Crippen MR) is 137 cm³/mol. The molecule has 34 heavy (non-hydrogen) atoms. The first-order chi connectivity index (χ1) is 16.3. The molecule has 0 fully saturated rings. The third kappa shape index (κ3) is 4.62. The van der Waals surface area contributed by atoms with E-state index >= 15 is 0 Å². The average Bonchev–Trinajstić information content (AvgIpc) is 3.12. The van der Waals surface area contributed by atoms with Crippen molar-refractivity contribution < 1.29 is 9.59 Å². The molecule has 0 saturated carbocycles. The zero-order chi connectivity index (χ0) is 24.4. The van der Waals surface area contributed by atoms with Gasteiger partial charge in [0, 0.05) is 10.4 Å². The van der Waals surface area contributed by atoms with E-state index in [4.69, 9.17) is 4.98 Å². The van der Waals surface area contributed by atoms with Crippen molar-refractivity contribution in [2.75, 3.05) is 5.75 Å². The number of nitrogens with one attached hydrogen (secondary N) is 2. The quantitative estimate of drug-likeness (QED) is 0.247. The van der Waals surface area contributed by atoms with Gasteiger partial charge in [0.05, 0.1) is 16.8 Å². The molecule has 4 aromatic rings. The molecule has 2 amide bonds. The fourth-order valence-electron chi connectivity index (χ4n) is 3.52. The predicted octanol–water partition coefficient (Wildman–Crippen LogP) is 4.23. The Morgan fingerprint density at radius 2 is 1.71 bits per heavy atom. The summed E-state index contributed by atoms with van der Waals surface area (Å²) >= 11 is 2.62. The third-order valence-electron chi connectivity index (χ3n) is 5.67. The topological polar surface area (TPSA) is 93.1 Å². The highest BCUT2D eigenvalue weighted by Crippen LogP contribution is 2.30. The fourth-order valence-corrected chi connectivity index (χ4v) is 5.39. The van der Waals surface area contributed by atoms with E-state index in [1.165, 1.54) is 11.3 Å². The van der Waals surface area contributed by atoms with Crippen LogP contribution in [0.3, 0.4) is 0 Å². The van der Waals surface area contributed by atoms with Gasteiger partial charge in [0.15, 0.2) is 5.16 Å². The largest absolute Gasteiger partial charge is 0.272 e. The number of hydrogen-bond donors (Lipinski definition) is 2. The Kier molecular flexibility index (Phi) is 6.85. The zero-order valence-electron chi connectivity index (χ0n) is 19.3. The number of thioether (sulfide) groups is 1. The maximum atomic E-state index is 13.6. The molecule has 0 atom stereocenters. The molecule has 0 radical (unpaired) electrons. The van der Waals surface area contributed by atoms with Crippen LogP contribution in [0.1, 0.15) is 31.9 Å². The standard InChI is InChI=1S/C25H24N4O3S2/c1-14-9-8-12-19(15(14)2)29-24(32)21-16(3)17(4)34-23(21)26-25(29)33-13-20(30)27-28-22(31)18-10-6-5-7-11-18/h5-12H,13H2,1-4H3,(H,27,30)(H,28,31). The summed E-state index contributed by atoms with van der Waals surface area (Å²) in [6.45, 7) is 7.86. The van der Waals surface area contributed by atoms with Crippen LogP contribution in [0.15, 0.2) is 58.5 Å². The minimum atomic E-state index is -0.408. The van der Waals surface area contributed by atoms with Crippen LogP contribution in [-0.4, -0.2) is 27.1 Å². The van der Waals surface area contributed by atoms with Crippen LogP contribution in [-0.2, 0) is 4.79 Å². The van der Waals surface area contributed by atoms with Crippen LogP contribution < -0.4 is 16.4 Å². The summed E-state index contributed by atoms with van der Waals surface area (Å²) in [7, 11) is 0. The molecule has 2 aromatic heterocycles. The zero-order valence-corrected chi connectivity index (χ0v) is 20.9. The van der Waals surface area contributed by atoms with Gasteiger partial charge in [0.25, 0.3) is 11.5 Å². The average molecular weight is 493 g/mol. The summed E-state index contributed by atoms with van der Waals surface area (Å²) in [5.41, 5.74) is 8.81. The number of hydrazine groups is 1. The first-order valence-electron chi connectivity index (χ1n) is 10.6. The maximum Gasteiger partial charge on any atom is 0.269 e. The molecule has 2 N–H and O–H groups in total. The number of carbonyl (C=O) groups excluding carboxylic acids is 2. The van der Waals surface area contributed by atoms with E-state index in [9.17, 15) is 14.4 Å². The van der Waals surface area contributed by atoms with E-state index in [-0.39, 0.29) is 11.3 Å². The van der Waals surface area contributed by atoms with Crippen LogP contribution in [0.5, 0.6) is 0 Å². The van der Waals surface area contributed by atoms with Gasteiger partial charge in [-0.3, -0.25) is 29.8 Å². The number of nitrogens with zero attached hydrogens (tertiary/aromatic N) is 2. The summed E-state index contributed by atoms with van der Waals surface area (Å²) in [6.07, 6.45) is 0. The number of benzene rings is 2. The van der Waals surface area contributed by atoms with Gasteiger partial charge >= 0.3 is 0 Å². The van der Waals surface area contributed by atoms with Crippen LogP contribution in [0.2, 0.25) is 0 Å². The lowest BCUT2D eigenvalue weighted by Gasteiger charge is -2.15. The summed E-state index contributed by atoms with van der Waals surface area (Å²) < 4.78 is 1.59. The van der Waals surface area contributed by atoms with Crippen molar-refractivity contribution in [3.05, 3.63) is 86.0 Å². The third-order valence-corrected chi connectivity index (χ3v) is 7.71. The summed E-state index contributed by atoms with van der Waals surface area (Å²) in [4.78, 5) is 44.7. The van der Waals surface area contributed by atoms with Crippen LogP contribution >= 0.6 is 23.1 Å². The van der Waals surface area contributed by atoms with Crippen LogP contribution in [0.25, 0.3) is 15.9 Å². The first kappa shape index (κ1) is 23.7. The lowest BCUT2D eigenvalue weighted by atomic mass is 10.1. The van der Waals surface area contributed by atoms with Crippen molar-refractivity contribution in [3.63, 3.8) is 0 Å². The monoisotopic (exact) mass is 492 g/mol. The van der Waals surface area contributed by atoms with Gasteiger partial charge in [0.1, 0.15) is 4.83 Å². The van der Waals surface area contributed by atoms with Crippen LogP contribution in [0.4, 0.5) is 0 Å². The normalized spacial score (nSPS) is 10.9. The Morgan fingerprint density at radius 3 is 2.44 bits per heavy atom. The Labute approximate surface area is 205 Å². The van der Waals surface area contributed by atoms with Crippen molar-refractivity contribution in [1.29, 1.82) is 0 Å². The highest BCUT2D eigenvalue weighted by Gasteiger charge is 2.20. The molecule has 0 aliphatic heterocycles. The van der Waals surface area contributed by atoms with Gasteiger partial charge < -0.3 is 0 Å². The molecule has 4 rings (SSSR count). The fraction of sp³-hybridized carbons (Fsp3) is 0.200. The lowest BCUT2D eigenvalue weighted by Crippen LogP contribution is -2.42. The molecule has 2 heterocycles. The molecular formula is C25H24N4O3S2. The van der Waals surface area contributed by atoms with E-state index < -0.39 is 11.8 Å². The lowest BCUT2D eigenvalue weighted by molar-refractivity contribution is -0.119. The summed E-state index contributed by atoms with van der Waals surface area (Å²) in [5, 5.41) is 1.03. The molecule has 0 saturated heterocycles. The molecule has 0 aliphatic carbocycles. The van der Waals surface area contributed by atoms with Crippen molar-refractivity contribution >= 4 is 45.1 Å².